The molecule has 0 saturated heterocycles. The zero-order chi connectivity index (χ0) is 18.4. The van der Waals surface area contributed by atoms with E-state index in [1.165, 1.54) is 11.9 Å². The number of pyridine rings is 1. The normalized spacial score (nSPS) is 10.3. The van der Waals surface area contributed by atoms with Crippen LogP contribution in [0.25, 0.3) is 0 Å². The molecule has 26 heavy (non-hydrogen) atoms. The molecule has 0 bridgehead atoms. The lowest BCUT2D eigenvalue weighted by atomic mass is 10.2. The molecule has 0 spiro atoms. The van der Waals surface area contributed by atoms with Gasteiger partial charge in [-0.2, -0.15) is 0 Å². The molecule has 1 aromatic carbocycles. The topological polar surface area (TPSA) is 91.2 Å². The summed E-state index contributed by atoms with van der Waals surface area (Å²) in [5, 5.41) is 12.1. The summed E-state index contributed by atoms with van der Waals surface area (Å²) in [5.41, 5.74) is 2.23. The van der Waals surface area contributed by atoms with E-state index in [2.05, 4.69) is 25.2 Å². The van der Waals surface area contributed by atoms with Crippen molar-refractivity contribution in [3.05, 3.63) is 72.3 Å². The average Bonchev–Trinajstić information content (AvgIpc) is 2.67. The van der Waals surface area contributed by atoms with Crippen LogP contribution in [-0.2, 0) is 6.42 Å². The predicted molar refractivity (Wildman–Crippen MR) is 99.9 cm³/mol. The largest absolute Gasteiger partial charge is 0.478 e. The van der Waals surface area contributed by atoms with Gasteiger partial charge in [0, 0.05) is 37.7 Å². The molecule has 0 atom stereocenters. The molecule has 7 nitrogen and oxygen atoms in total. The van der Waals surface area contributed by atoms with Gasteiger partial charge in [-0.15, -0.1) is 0 Å². The van der Waals surface area contributed by atoms with Crippen molar-refractivity contribution in [1.82, 2.24) is 15.0 Å². The van der Waals surface area contributed by atoms with Crippen LogP contribution >= 0.6 is 0 Å². The van der Waals surface area contributed by atoms with Crippen molar-refractivity contribution in [3.8, 4) is 0 Å². The molecule has 7 heteroatoms. The first-order valence-electron chi connectivity index (χ1n) is 8.14. The van der Waals surface area contributed by atoms with Crippen LogP contribution in [-0.4, -0.2) is 39.6 Å². The molecular weight excluding hydrogens is 330 g/mol. The number of benzene rings is 1. The molecule has 0 unspecified atom stereocenters. The highest BCUT2D eigenvalue weighted by atomic mass is 16.4. The van der Waals surface area contributed by atoms with E-state index in [9.17, 15) is 4.79 Å². The van der Waals surface area contributed by atoms with E-state index >= 15 is 0 Å². The van der Waals surface area contributed by atoms with Gasteiger partial charge in [0.25, 0.3) is 0 Å². The standard InChI is InChI=1S/C19H19N5O2/c1-24(11-8-14-6-9-20-10-7-14)18-12-17(21-13-22-18)23-16-4-2-15(3-5-16)19(25)26/h2-7,9-10,12-13H,8,11H2,1H3,(H,25,26)(H,21,22,23). The van der Waals surface area contributed by atoms with Crippen LogP contribution in [0.2, 0.25) is 0 Å². The summed E-state index contributed by atoms with van der Waals surface area (Å²) in [5.74, 6) is 0.504. The number of carboxylic acids is 1. The number of anilines is 3. The second kappa shape index (κ2) is 8.06. The lowest BCUT2D eigenvalue weighted by molar-refractivity contribution is 0.0697. The molecule has 0 saturated carbocycles. The Bertz CT molecular complexity index is 869. The van der Waals surface area contributed by atoms with E-state index < -0.39 is 5.97 Å². The van der Waals surface area contributed by atoms with E-state index in [1.54, 1.807) is 36.7 Å². The van der Waals surface area contributed by atoms with Crippen molar-refractivity contribution < 1.29 is 9.90 Å². The minimum atomic E-state index is -0.948. The molecule has 0 aliphatic rings. The van der Waals surface area contributed by atoms with Crippen LogP contribution in [0, 0.1) is 0 Å². The monoisotopic (exact) mass is 349 g/mol. The van der Waals surface area contributed by atoms with Crippen molar-refractivity contribution in [2.45, 2.75) is 6.42 Å². The molecule has 132 valence electrons. The summed E-state index contributed by atoms with van der Waals surface area (Å²) in [4.78, 5) is 25.5. The lowest BCUT2D eigenvalue weighted by Gasteiger charge is -2.18. The van der Waals surface area contributed by atoms with Crippen molar-refractivity contribution in [3.63, 3.8) is 0 Å². The van der Waals surface area contributed by atoms with Gasteiger partial charge in [-0.05, 0) is 48.4 Å². The first-order chi connectivity index (χ1) is 12.6. The van der Waals surface area contributed by atoms with Gasteiger partial charge in [0.15, 0.2) is 0 Å². The van der Waals surface area contributed by atoms with Crippen molar-refractivity contribution in [2.24, 2.45) is 0 Å². The highest BCUT2D eigenvalue weighted by Gasteiger charge is 2.06. The minimum absolute atomic E-state index is 0.245. The predicted octanol–water partition coefficient (Wildman–Crippen LogP) is 2.99. The highest BCUT2D eigenvalue weighted by molar-refractivity contribution is 5.88. The number of nitrogens with one attached hydrogen (secondary N) is 1. The molecule has 0 amide bonds. The fourth-order valence-electron chi connectivity index (χ4n) is 2.43. The smallest absolute Gasteiger partial charge is 0.335 e. The van der Waals surface area contributed by atoms with E-state index in [4.69, 9.17) is 5.11 Å². The molecule has 0 aliphatic heterocycles. The summed E-state index contributed by atoms with van der Waals surface area (Å²) in [7, 11) is 1.98. The summed E-state index contributed by atoms with van der Waals surface area (Å²) in [6.45, 7) is 0.813. The molecular formula is C19H19N5O2. The van der Waals surface area contributed by atoms with Gasteiger partial charge in [-0.1, -0.05) is 0 Å². The highest BCUT2D eigenvalue weighted by Crippen LogP contribution is 2.18. The molecule has 2 aromatic heterocycles. The fraction of sp³-hybridized carbons (Fsp3) is 0.158. The Kier molecular flexibility index (Phi) is 5.38. The van der Waals surface area contributed by atoms with E-state index in [0.29, 0.717) is 5.82 Å². The first-order valence-corrected chi connectivity index (χ1v) is 8.14. The van der Waals surface area contributed by atoms with E-state index in [-0.39, 0.29) is 5.56 Å². The molecule has 3 aromatic rings. The second-order valence-corrected chi connectivity index (χ2v) is 5.80. The van der Waals surface area contributed by atoms with E-state index in [0.717, 1.165) is 24.5 Å². The third-order valence-electron chi connectivity index (χ3n) is 3.93. The van der Waals surface area contributed by atoms with Crippen LogP contribution in [0.15, 0.2) is 61.2 Å². The van der Waals surface area contributed by atoms with Gasteiger partial charge in [0.2, 0.25) is 0 Å². The fourth-order valence-corrected chi connectivity index (χ4v) is 2.43. The number of hydrogen-bond donors (Lipinski definition) is 2. The number of rotatable bonds is 7. The number of carboxylic acid groups (broad SMARTS) is 1. The summed E-state index contributed by atoms with van der Waals surface area (Å²) in [6, 6.07) is 12.4. The zero-order valence-electron chi connectivity index (χ0n) is 14.3. The van der Waals surface area contributed by atoms with Gasteiger partial charge in [-0.25, -0.2) is 14.8 Å². The number of aromatic carboxylic acids is 1. The third-order valence-corrected chi connectivity index (χ3v) is 3.93. The van der Waals surface area contributed by atoms with Crippen LogP contribution in [0.3, 0.4) is 0 Å². The SMILES string of the molecule is CN(CCc1ccncc1)c1cc(Nc2ccc(C(=O)O)cc2)ncn1. The maximum Gasteiger partial charge on any atom is 0.335 e. The Labute approximate surface area is 151 Å². The molecule has 0 aliphatic carbocycles. The van der Waals surface area contributed by atoms with Crippen LogP contribution < -0.4 is 10.2 Å². The van der Waals surface area contributed by atoms with Gasteiger partial charge in [0.1, 0.15) is 18.0 Å². The van der Waals surface area contributed by atoms with E-state index in [1.807, 2.05) is 25.2 Å². The Morgan fingerprint density at radius 1 is 1.12 bits per heavy atom. The summed E-state index contributed by atoms with van der Waals surface area (Å²) >= 11 is 0. The summed E-state index contributed by atoms with van der Waals surface area (Å²) in [6.07, 6.45) is 5.98. The maximum atomic E-state index is 10.9. The zero-order valence-corrected chi connectivity index (χ0v) is 14.3. The molecule has 2 N–H and O–H groups in total. The van der Waals surface area contributed by atoms with Crippen molar-refractivity contribution in [1.29, 1.82) is 0 Å². The van der Waals surface area contributed by atoms with Gasteiger partial charge in [0.05, 0.1) is 5.56 Å². The van der Waals surface area contributed by atoms with Gasteiger partial charge < -0.3 is 15.3 Å². The Balaban J connectivity index is 1.64. The molecule has 3 rings (SSSR count). The Morgan fingerprint density at radius 2 is 1.85 bits per heavy atom. The van der Waals surface area contributed by atoms with Crippen LogP contribution in [0.5, 0.6) is 0 Å². The lowest BCUT2D eigenvalue weighted by Crippen LogP contribution is -2.21. The molecule has 2 heterocycles. The number of likely N-dealkylation sites (N-methyl/N-ethyl adjacent to an activating group) is 1. The van der Waals surface area contributed by atoms with Crippen LogP contribution in [0.4, 0.5) is 17.3 Å². The Hall–Kier alpha value is -3.48. The first kappa shape index (κ1) is 17.3. The minimum Gasteiger partial charge on any atom is -0.478 e. The number of carbonyl (C=O) groups is 1. The van der Waals surface area contributed by atoms with Gasteiger partial charge >= 0.3 is 5.97 Å². The second-order valence-electron chi connectivity index (χ2n) is 5.80. The third kappa shape index (κ3) is 4.54. The number of hydrogen-bond acceptors (Lipinski definition) is 6. The molecule has 0 fully saturated rings. The summed E-state index contributed by atoms with van der Waals surface area (Å²) < 4.78 is 0. The van der Waals surface area contributed by atoms with Gasteiger partial charge in [-0.3, -0.25) is 4.98 Å². The van der Waals surface area contributed by atoms with Crippen molar-refractivity contribution >= 4 is 23.3 Å². The van der Waals surface area contributed by atoms with Crippen LogP contribution in [0.1, 0.15) is 15.9 Å². The average molecular weight is 349 g/mol. The Morgan fingerprint density at radius 3 is 2.54 bits per heavy atom. The van der Waals surface area contributed by atoms with Crippen molar-refractivity contribution in [2.75, 3.05) is 23.8 Å². The number of aromatic nitrogens is 3. The molecule has 0 radical (unpaired) electrons. The maximum absolute atomic E-state index is 10.9. The number of nitrogens with zero attached hydrogens (tertiary/aromatic N) is 4. The quantitative estimate of drug-likeness (QED) is 0.677.